The van der Waals surface area contributed by atoms with Crippen LogP contribution in [0.5, 0.6) is 0 Å². The molecule has 0 heterocycles. The average Bonchev–Trinajstić information content (AvgIpc) is 2.62. The molecule has 0 aromatic heterocycles. The lowest BCUT2D eigenvalue weighted by atomic mass is 10.2. The molecule has 2 aromatic rings. The van der Waals surface area contributed by atoms with Crippen LogP contribution < -0.4 is 10.0 Å². The molecule has 0 aliphatic carbocycles. The molecule has 0 saturated carbocycles. The maximum Gasteiger partial charge on any atom is 0.321 e. The molecule has 10 heteroatoms. The zero-order valence-corrected chi connectivity index (χ0v) is 16.6. The molecule has 0 aliphatic rings. The summed E-state index contributed by atoms with van der Waals surface area (Å²) in [5.41, 5.74) is 0.757. The number of aryl methyl sites for hydroxylation is 1. The second-order valence-electron chi connectivity index (χ2n) is 5.88. The third kappa shape index (κ3) is 6.01. The number of hydrogen-bond donors (Lipinski definition) is 2. The van der Waals surface area contributed by atoms with Crippen LogP contribution in [-0.2, 0) is 24.3 Å². The lowest BCUT2D eigenvalue weighted by Gasteiger charge is -2.14. The lowest BCUT2D eigenvalue weighted by molar-refractivity contribution is -0.151. The number of esters is 1. The van der Waals surface area contributed by atoms with Gasteiger partial charge in [-0.05, 0) is 44.2 Å². The molecule has 1 atom stereocenters. The maximum absolute atomic E-state index is 13.7. The van der Waals surface area contributed by atoms with Crippen LogP contribution in [0.2, 0.25) is 5.02 Å². The van der Waals surface area contributed by atoms with Gasteiger partial charge in [0.1, 0.15) is 12.4 Å². The van der Waals surface area contributed by atoms with Gasteiger partial charge in [0.05, 0.1) is 10.6 Å². The largest absolute Gasteiger partial charge is 0.452 e. The molecule has 0 saturated heterocycles. The standard InChI is InChI=1S/C18H18ClFN2O5S/c1-11-3-6-14(7-4-11)28(25,26)21-10-17(23)27-12(2)18(24)22-16-8-5-13(19)9-15(16)20/h3-9,12,21H,10H2,1-2H3,(H,22,24). The fourth-order valence-electron chi connectivity index (χ4n) is 2.07. The first-order valence-electron chi connectivity index (χ1n) is 8.10. The summed E-state index contributed by atoms with van der Waals surface area (Å²) in [7, 11) is -3.90. The molecule has 0 aliphatic heterocycles. The van der Waals surface area contributed by atoms with Crippen molar-refractivity contribution in [3.8, 4) is 0 Å². The van der Waals surface area contributed by atoms with Crippen molar-refractivity contribution in [3.63, 3.8) is 0 Å². The average molecular weight is 429 g/mol. The van der Waals surface area contributed by atoms with E-state index in [1.54, 1.807) is 12.1 Å². The van der Waals surface area contributed by atoms with Crippen molar-refractivity contribution in [1.82, 2.24) is 4.72 Å². The fraction of sp³-hybridized carbons (Fsp3) is 0.222. The van der Waals surface area contributed by atoms with Crippen molar-refractivity contribution in [1.29, 1.82) is 0 Å². The van der Waals surface area contributed by atoms with Crippen molar-refractivity contribution in [2.24, 2.45) is 0 Å². The first kappa shape index (κ1) is 21.8. The summed E-state index contributed by atoms with van der Waals surface area (Å²) in [6.45, 7) is 2.42. The second-order valence-corrected chi connectivity index (χ2v) is 8.09. The number of halogens is 2. The molecule has 0 radical (unpaired) electrons. The Morgan fingerprint density at radius 1 is 1.18 bits per heavy atom. The van der Waals surface area contributed by atoms with E-state index in [0.717, 1.165) is 11.6 Å². The highest BCUT2D eigenvalue weighted by molar-refractivity contribution is 7.89. The van der Waals surface area contributed by atoms with E-state index in [4.69, 9.17) is 16.3 Å². The molecule has 0 spiro atoms. The van der Waals surface area contributed by atoms with Gasteiger partial charge in [-0.15, -0.1) is 0 Å². The zero-order valence-electron chi connectivity index (χ0n) is 15.0. The van der Waals surface area contributed by atoms with E-state index in [9.17, 15) is 22.4 Å². The van der Waals surface area contributed by atoms with Gasteiger partial charge < -0.3 is 10.1 Å². The summed E-state index contributed by atoms with van der Waals surface area (Å²) in [4.78, 5) is 23.8. The topological polar surface area (TPSA) is 102 Å². The Morgan fingerprint density at radius 2 is 1.82 bits per heavy atom. The monoisotopic (exact) mass is 428 g/mol. The van der Waals surface area contributed by atoms with Gasteiger partial charge in [-0.2, -0.15) is 4.72 Å². The number of rotatable bonds is 7. The van der Waals surface area contributed by atoms with E-state index in [2.05, 4.69) is 10.0 Å². The minimum Gasteiger partial charge on any atom is -0.452 e. The maximum atomic E-state index is 13.7. The Bertz CT molecular complexity index is 980. The van der Waals surface area contributed by atoms with Gasteiger partial charge in [0, 0.05) is 5.02 Å². The molecule has 0 bridgehead atoms. The van der Waals surface area contributed by atoms with Crippen LogP contribution in [0.3, 0.4) is 0 Å². The van der Waals surface area contributed by atoms with E-state index >= 15 is 0 Å². The summed E-state index contributed by atoms with van der Waals surface area (Å²) in [5, 5.41) is 2.42. The molecule has 0 fully saturated rings. The minimum atomic E-state index is -3.90. The highest BCUT2D eigenvalue weighted by Gasteiger charge is 2.21. The van der Waals surface area contributed by atoms with Crippen LogP contribution in [0.25, 0.3) is 0 Å². The quantitative estimate of drug-likeness (QED) is 0.660. The summed E-state index contributed by atoms with van der Waals surface area (Å²) in [5.74, 6) is -2.49. The SMILES string of the molecule is Cc1ccc(S(=O)(=O)NCC(=O)OC(C)C(=O)Nc2ccc(Cl)cc2F)cc1. The molecule has 2 aromatic carbocycles. The lowest BCUT2D eigenvalue weighted by Crippen LogP contribution is -2.36. The van der Waals surface area contributed by atoms with E-state index in [0.29, 0.717) is 0 Å². The van der Waals surface area contributed by atoms with Gasteiger partial charge >= 0.3 is 5.97 Å². The van der Waals surface area contributed by atoms with E-state index in [-0.39, 0.29) is 15.6 Å². The number of ether oxygens (including phenoxy) is 1. The molecule has 150 valence electrons. The number of nitrogens with one attached hydrogen (secondary N) is 2. The van der Waals surface area contributed by atoms with Gasteiger partial charge in [-0.1, -0.05) is 29.3 Å². The van der Waals surface area contributed by atoms with E-state index in [1.807, 2.05) is 6.92 Å². The van der Waals surface area contributed by atoms with Crippen molar-refractivity contribution in [2.75, 3.05) is 11.9 Å². The van der Waals surface area contributed by atoms with Gasteiger partial charge in [-0.25, -0.2) is 12.8 Å². The molecule has 28 heavy (non-hydrogen) atoms. The number of anilines is 1. The van der Waals surface area contributed by atoms with Crippen LogP contribution in [0, 0.1) is 12.7 Å². The highest BCUT2D eigenvalue weighted by atomic mass is 35.5. The molecule has 2 rings (SSSR count). The summed E-state index contributed by atoms with van der Waals surface area (Å²) in [6.07, 6.45) is -1.27. The molecule has 7 nitrogen and oxygen atoms in total. The Labute approximate surface area is 166 Å². The molecular weight excluding hydrogens is 411 g/mol. The van der Waals surface area contributed by atoms with E-state index in [1.165, 1.54) is 31.2 Å². The third-order valence-corrected chi connectivity index (χ3v) is 5.26. The molecular formula is C18H18ClFN2O5S. The number of sulfonamides is 1. The normalized spacial score (nSPS) is 12.3. The van der Waals surface area contributed by atoms with Crippen molar-refractivity contribution < 1.29 is 27.1 Å². The smallest absolute Gasteiger partial charge is 0.321 e. The summed E-state index contributed by atoms with van der Waals surface area (Å²) < 4.78 is 44.9. The number of benzene rings is 2. The number of carbonyl (C=O) groups is 2. The van der Waals surface area contributed by atoms with Crippen LogP contribution >= 0.6 is 11.6 Å². The molecule has 1 unspecified atom stereocenters. The fourth-order valence-corrected chi connectivity index (χ4v) is 3.20. The van der Waals surface area contributed by atoms with Gasteiger partial charge in [0.25, 0.3) is 5.91 Å². The Kier molecular flexibility index (Phi) is 7.11. The molecule has 2 N–H and O–H groups in total. The highest BCUT2D eigenvalue weighted by Crippen LogP contribution is 2.19. The van der Waals surface area contributed by atoms with Crippen LogP contribution in [0.1, 0.15) is 12.5 Å². The Hall–Kier alpha value is -2.49. The van der Waals surface area contributed by atoms with Crippen molar-refractivity contribution in [3.05, 3.63) is 58.9 Å². The predicted molar refractivity (Wildman–Crippen MR) is 102 cm³/mol. The first-order valence-corrected chi connectivity index (χ1v) is 9.96. The number of amides is 1. The van der Waals surface area contributed by atoms with Crippen LogP contribution in [0.4, 0.5) is 10.1 Å². The number of hydrogen-bond acceptors (Lipinski definition) is 5. The summed E-state index contributed by atoms with van der Waals surface area (Å²) >= 11 is 5.63. The first-order chi connectivity index (χ1) is 13.1. The summed E-state index contributed by atoms with van der Waals surface area (Å²) in [6, 6.07) is 9.72. The van der Waals surface area contributed by atoms with Crippen molar-refractivity contribution in [2.45, 2.75) is 24.8 Å². The second kappa shape index (κ2) is 9.13. The Morgan fingerprint density at radius 3 is 2.43 bits per heavy atom. The van der Waals surface area contributed by atoms with Crippen LogP contribution in [-0.4, -0.2) is 32.9 Å². The van der Waals surface area contributed by atoms with E-state index < -0.39 is 40.4 Å². The minimum absolute atomic E-state index is 0.00472. The van der Waals surface area contributed by atoms with Gasteiger partial charge in [0.2, 0.25) is 10.0 Å². The van der Waals surface area contributed by atoms with Crippen molar-refractivity contribution >= 4 is 39.2 Å². The van der Waals surface area contributed by atoms with Gasteiger partial charge in [0.15, 0.2) is 6.10 Å². The number of carbonyl (C=O) groups excluding carboxylic acids is 2. The Balaban J connectivity index is 1.89. The molecule has 1 amide bonds. The third-order valence-electron chi connectivity index (χ3n) is 3.60. The van der Waals surface area contributed by atoms with Gasteiger partial charge in [-0.3, -0.25) is 9.59 Å². The predicted octanol–water partition coefficient (Wildman–Crippen LogP) is 2.64. The van der Waals surface area contributed by atoms with Crippen LogP contribution in [0.15, 0.2) is 47.4 Å². The zero-order chi connectivity index (χ0) is 20.9.